The zero-order chi connectivity index (χ0) is 18.1. The first-order chi connectivity index (χ1) is 13.4. The zero-order valence-electron chi connectivity index (χ0n) is 14.6. The Morgan fingerprint density at radius 3 is 2.44 bits per heavy atom. The molecule has 0 N–H and O–H groups in total. The summed E-state index contributed by atoms with van der Waals surface area (Å²) in [6.07, 6.45) is 7.16. The molecule has 0 atom stereocenters. The number of rotatable bonds is 4. The lowest BCUT2D eigenvalue weighted by Crippen LogP contribution is -1.98. The van der Waals surface area contributed by atoms with Crippen molar-refractivity contribution < 1.29 is 0 Å². The van der Waals surface area contributed by atoms with Crippen molar-refractivity contribution in [2.75, 3.05) is 0 Å². The van der Waals surface area contributed by atoms with Crippen molar-refractivity contribution in [3.8, 4) is 0 Å². The molecule has 0 saturated carbocycles. The third-order valence-corrected chi connectivity index (χ3v) is 4.78. The van der Waals surface area contributed by atoms with Crippen LogP contribution in [0.1, 0.15) is 11.1 Å². The number of fused-ring (bicyclic) bond motifs is 2. The van der Waals surface area contributed by atoms with Crippen molar-refractivity contribution in [1.29, 1.82) is 0 Å². The van der Waals surface area contributed by atoms with E-state index >= 15 is 0 Å². The Balaban J connectivity index is 1.59. The number of hydrogen-bond acceptors (Lipinski definition) is 3. The molecule has 0 aliphatic rings. The van der Waals surface area contributed by atoms with E-state index in [1.54, 1.807) is 17.3 Å². The molecule has 0 unspecified atom stereocenters. The highest BCUT2D eigenvalue weighted by molar-refractivity contribution is 5.99. The molecule has 0 saturated heterocycles. The topological polar surface area (TPSA) is 48.0 Å². The van der Waals surface area contributed by atoms with Gasteiger partial charge in [0, 0.05) is 29.2 Å². The summed E-state index contributed by atoms with van der Waals surface area (Å²) in [5.41, 5.74) is 3.56. The Morgan fingerprint density at radius 1 is 0.815 bits per heavy atom. The average Bonchev–Trinajstić information content (AvgIpc) is 3.35. The van der Waals surface area contributed by atoms with Crippen LogP contribution in [0.3, 0.4) is 0 Å². The first-order valence-electron chi connectivity index (χ1n) is 8.82. The van der Waals surface area contributed by atoms with Gasteiger partial charge in [0.1, 0.15) is 12.7 Å². The van der Waals surface area contributed by atoms with Crippen LogP contribution in [-0.4, -0.2) is 25.7 Å². The van der Waals surface area contributed by atoms with Crippen LogP contribution in [0.2, 0.25) is 0 Å². The molecular formula is C22H17N5. The predicted octanol–water partition coefficient (Wildman–Crippen LogP) is 4.32. The van der Waals surface area contributed by atoms with E-state index in [4.69, 9.17) is 0 Å². The van der Waals surface area contributed by atoms with Crippen molar-refractivity contribution in [2.24, 2.45) is 5.10 Å². The van der Waals surface area contributed by atoms with Crippen LogP contribution in [0, 0.1) is 0 Å². The molecule has 130 valence electrons. The van der Waals surface area contributed by atoms with Gasteiger partial charge in [0.05, 0.1) is 6.21 Å². The monoisotopic (exact) mass is 351 g/mol. The number of para-hydroxylation sites is 1. The van der Waals surface area contributed by atoms with E-state index in [1.165, 1.54) is 27.2 Å². The van der Waals surface area contributed by atoms with E-state index < -0.39 is 0 Å². The molecule has 0 fully saturated rings. The Bertz CT molecular complexity index is 1240. The molecule has 5 rings (SSSR count). The summed E-state index contributed by atoms with van der Waals surface area (Å²) in [5, 5.41) is 15.7. The van der Waals surface area contributed by atoms with Gasteiger partial charge in [0.2, 0.25) is 0 Å². The highest BCUT2D eigenvalue weighted by Crippen LogP contribution is 2.24. The summed E-state index contributed by atoms with van der Waals surface area (Å²) < 4.78 is 3.88. The molecule has 2 aromatic heterocycles. The van der Waals surface area contributed by atoms with Gasteiger partial charge in [-0.25, -0.2) is 4.68 Å². The molecule has 27 heavy (non-hydrogen) atoms. The normalized spacial score (nSPS) is 11.7. The lowest BCUT2D eigenvalue weighted by atomic mass is 10.0. The lowest BCUT2D eigenvalue weighted by Gasteiger charge is -2.09. The second kappa shape index (κ2) is 6.53. The third kappa shape index (κ3) is 2.89. The van der Waals surface area contributed by atoms with Gasteiger partial charge in [0.15, 0.2) is 0 Å². The summed E-state index contributed by atoms with van der Waals surface area (Å²) in [6.45, 7) is 0.808. The van der Waals surface area contributed by atoms with Crippen LogP contribution in [-0.2, 0) is 6.54 Å². The fourth-order valence-electron chi connectivity index (χ4n) is 3.51. The average molecular weight is 351 g/mol. The summed E-state index contributed by atoms with van der Waals surface area (Å²) in [4.78, 5) is 0. The second-order valence-corrected chi connectivity index (χ2v) is 6.45. The van der Waals surface area contributed by atoms with E-state index in [1.807, 2.05) is 6.21 Å². The summed E-state index contributed by atoms with van der Waals surface area (Å²) in [7, 11) is 0. The van der Waals surface area contributed by atoms with E-state index in [9.17, 15) is 0 Å². The van der Waals surface area contributed by atoms with Gasteiger partial charge < -0.3 is 4.57 Å². The van der Waals surface area contributed by atoms with Crippen LogP contribution in [0.25, 0.3) is 21.7 Å². The van der Waals surface area contributed by atoms with Crippen LogP contribution in [0.5, 0.6) is 0 Å². The highest BCUT2D eigenvalue weighted by atomic mass is 15.4. The Morgan fingerprint density at radius 2 is 1.56 bits per heavy atom. The standard InChI is InChI=1S/C22H17N5/c1-2-9-20-17(6-1)7-5-8-18(20)13-26-14-19(12-25-27-15-23-24-16-27)21-10-3-4-11-22(21)26/h1-12,14-16H,13H2. The molecule has 5 nitrogen and oxygen atoms in total. The van der Waals surface area contributed by atoms with Crippen LogP contribution < -0.4 is 0 Å². The van der Waals surface area contributed by atoms with Gasteiger partial charge >= 0.3 is 0 Å². The van der Waals surface area contributed by atoms with Crippen molar-refractivity contribution in [3.63, 3.8) is 0 Å². The van der Waals surface area contributed by atoms with Gasteiger partial charge in [-0.1, -0.05) is 60.7 Å². The zero-order valence-corrected chi connectivity index (χ0v) is 14.6. The minimum Gasteiger partial charge on any atom is -0.342 e. The number of nitrogens with zero attached hydrogens (tertiary/aromatic N) is 5. The van der Waals surface area contributed by atoms with Crippen LogP contribution in [0.4, 0.5) is 0 Å². The van der Waals surface area contributed by atoms with E-state index in [2.05, 4.69) is 92.8 Å². The Hall–Kier alpha value is -3.73. The highest BCUT2D eigenvalue weighted by Gasteiger charge is 2.08. The van der Waals surface area contributed by atoms with Crippen molar-refractivity contribution in [1.82, 2.24) is 19.4 Å². The smallest absolute Gasteiger partial charge is 0.141 e. The minimum atomic E-state index is 0.808. The maximum atomic E-state index is 4.41. The van der Waals surface area contributed by atoms with E-state index in [0.717, 1.165) is 12.1 Å². The largest absolute Gasteiger partial charge is 0.342 e. The lowest BCUT2D eigenvalue weighted by molar-refractivity contribution is 0.841. The van der Waals surface area contributed by atoms with Gasteiger partial charge in [-0.05, 0) is 22.4 Å². The maximum absolute atomic E-state index is 4.41. The summed E-state index contributed by atoms with van der Waals surface area (Å²) in [5.74, 6) is 0. The van der Waals surface area contributed by atoms with Crippen LogP contribution in [0.15, 0.2) is 90.7 Å². The molecule has 0 bridgehead atoms. The molecule has 5 aromatic rings. The molecule has 0 aliphatic carbocycles. The maximum Gasteiger partial charge on any atom is 0.141 e. The second-order valence-electron chi connectivity index (χ2n) is 6.45. The van der Waals surface area contributed by atoms with Crippen molar-refractivity contribution in [3.05, 3.63) is 96.7 Å². The Kier molecular flexibility index (Phi) is 3.76. The third-order valence-electron chi connectivity index (χ3n) is 4.78. The summed E-state index contributed by atoms with van der Waals surface area (Å²) in [6, 6.07) is 23.4. The SMILES string of the molecule is C(=Nn1cnnc1)c1cn(Cc2cccc3ccccc23)c2ccccc12. The van der Waals surface area contributed by atoms with Gasteiger partial charge in [-0.3, -0.25) is 0 Å². The Labute approximate surface area is 156 Å². The van der Waals surface area contributed by atoms with Crippen molar-refractivity contribution >= 4 is 27.9 Å². The molecular weight excluding hydrogens is 334 g/mol. The van der Waals surface area contributed by atoms with Gasteiger partial charge in [-0.15, -0.1) is 10.2 Å². The van der Waals surface area contributed by atoms with Gasteiger partial charge in [0.25, 0.3) is 0 Å². The fourth-order valence-corrected chi connectivity index (χ4v) is 3.51. The van der Waals surface area contributed by atoms with Crippen LogP contribution >= 0.6 is 0 Å². The molecule has 0 spiro atoms. The predicted molar refractivity (Wildman–Crippen MR) is 108 cm³/mol. The number of benzene rings is 3. The summed E-state index contributed by atoms with van der Waals surface area (Å²) >= 11 is 0. The quantitative estimate of drug-likeness (QED) is 0.453. The van der Waals surface area contributed by atoms with Gasteiger partial charge in [-0.2, -0.15) is 5.10 Å². The molecule has 0 radical (unpaired) electrons. The number of hydrogen-bond donors (Lipinski definition) is 0. The number of aromatic nitrogens is 4. The van der Waals surface area contributed by atoms with E-state index in [0.29, 0.717) is 0 Å². The first kappa shape index (κ1) is 15.5. The molecule has 3 aromatic carbocycles. The molecule has 0 amide bonds. The molecule has 0 aliphatic heterocycles. The first-order valence-corrected chi connectivity index (χ1v) is 8.82. The van der Waals surface area contributed by atoms with E-state index in [-0.39, 0.29) is 0 Å². The van der Waals surface area contributed by atoms with Crippen molar-refractivity contribution in [2.45, 2.75) is 6.54 Å². The minimum absolute atomic E-state index is 0.808. The molecule has 5 heteroatoms. The molecule has 2 heterocycles. The fraction of sp³-hybridized carbons (Fsp3) is 0.0455.